The van der Waals surface area contributed by atoms with Crippen LogP contribution < -0.4 is 5.73 Å². The van der Waals surface area contributed by atoms with Crippen LogP contribution >= 0.6 is 0 Å². The Labute approximate surface area is 111 Å². The maximum absolute atomic E-state index is 6.04. The smallest absolute Gasteiger partial charge is 0.0661 e. The molecule has 18 heavy (non-hydrogen) atoms. The van der Waals surface area contributed by atoms with E-state index < -0.39 is 0 Å². The topological polar surface area (TPSA) is 47.7 Å². The summed E-state index contributed by atoms with van der Waals surface area (Å²) in [6.45, 7) is 4.10. The molecule has 0 aromatic carbocycles. The highest BCUT2D eigenvalue weighted by atomic mass is 16.5. The van der Waals surface area contributed by atoms with Gasteiger partial charge in [-0.2, -0.15) is 0 Å². The number of nitrogens with zero attached hydrogens (tertiary/aromatic N) is 1. The minimum Gasteiger partial charge on any atom is -0.383 e. The minimum atomic E-state index is 0.0255. The molecule has 0 aliphatic heterocycles. The van der Waals surface area contributed by atoms with Crippen molar-refractivity contribution in [3.8, 4) is 0 Å². The summed E-state index contributed by atoms with van der Waals surface area (Å²) in [5, 5.41) is 0. The van der Waals surface area contributed by atoms with E-state index in [1.165, 1.54) is 25.7 Å². The third-order valence-electron chi connectivity index (χ3n) is 4.47. The van der Waals surface area contributed by atoms with E-state index in [2.05, 4.69) is 11.9 Å². The highest BCUT2D eigenvalue weighted by Crippen LogP contribution is 2.42. The van der Waals surface area contributed by atoms with Crippen LogP contribution in [0.15, 0.2) is 0 Å². The summed E-state index contributed by atoms with van der Waals surface area (Å²) in [6, 6.07) is 0. The molecule has 0 amide bonds. The summed E-state index contributed by atoms with van der Waals surface area (Å²) in [5.41, 5.74) is 6.06. The molecule has 0 spiro atoms. The molecule has 4 heteroatoms. The van der Waals surface area contributed by atoms with Crippen LogP contribution in [0.2, 0.25) is 0 Å². The van der Waals surface area contributed by atoms with Gasteiger partial charge in [-0.15, -0.1) is 0 Å². The van der Waals surface area contributed by atoms with Crippen molar-refractivity contribution < 1.29 is 9.47 Å². The molecular weight excluding hydrogens is 228 g/mol. The van der Waals surface area contributed by atoms with E-state index in [1.54, 1.807) is 7.11 Å². The molecule has 0 aromatic rings. The average molecular weight is 256 g/mol. The third kappa shape index (κ3) is 3.44. The summed E-state index contributed by atoms with van der Waals surface area (Å²) >= 11 is 0. The first-order chi connectivity index (χ1) is 8.73. The molecular formula is C14H28N2O2. The van der Waals surface area contributed by atoms with Crippen molar-refractivity contribution in [2.24, 2.45) is 17.6 Å². The molecule has 1 atom stereocenters. The van der Waals surface area contributed by atoms with Crippen LogP contribution in [0, 0.1) is 11.8 Å². The monoisotopic (exact) mass is 256 g/mol. The second kappa shape index (κ2) is 6.33. The lowest BCUT2D eigenvalue weighted by Crippen LogP contribution is -2.57. The van der Waals surface area contributed by atoms with Crippen LogP contribution in [0.5, 0.6) is 0 Å². The Hall–Kier alpha value is -0.160. The standard InChI is InChI=1S/C14H28N2O2/c1-16(7-8-18-9-12-3-4-12)14(10-15,11-17-2)13-5-6-13/h12-13H,3-11,15H2,1-2H3. The zero-order valence-electron chi connectivity index (χ0n) is 11.9. The van der Waals surface area contributed by atoms with Gasteiger partial charge in [0.15, 0.2) is 0 Å². The predicted molar refractivity (Wildman–Crippen MR) is 72.6 cm³/mol. The van der Waals surface area contributed by atoms with Gasteiger partial charge < -0.3 is 15.2 Å². The molecule has 106 valence electrons. The molecule has 0 aromatic heterocycles. The molecule has 2 aliphatic carbocycles. The zero-order valence-corrected chi connectivity index (χ0v) is 11.9. The fourth-order valence-corrected chi connectivity index (χ4v) is 2.75. The van der Waals surface area contributed by atoms with E-state index in [1.807, 2.05) is 0 Å². The maximum Gasteiger partial charge on any atom is 0.0661 e. The fourth-order valence-electron chi connectivity index (χ4n) is 2.75. The highest BCUT2D eigenvalue weighted by Gasteiger charge is 2.47. The third-order valence-corrected chi connectivity index (χ3v) is 4.47. The van der Waals surface area contributed by atoms with Crippen molar-refractivity contribution >= 4 is 0 Å². The first kappa shape index (κ1) is 14.3. The van der Waals surface area contributed by atoms with E-state index in [9.17, 15) is 0 Å². The van der Waals surface area contributed by atoms with E-state index in [0.717, 1.165) is 32.3 Å². The molecule has 2 saturated carbocycles. The Morgan fingerprint density at radius 3 is 2.50 bits per heavy atom. The molecule has 2 aliphatic rings. The van der Waals surface area contributed by atoms with Crippen LogP contribution in [0.25, 0.3) is 0 Å². The Balaban J connectivity index is 1.76. The van der Waals surface area contributed by atoms with Gasteiger partial charge in [0.05, 0.1) is 18.8 Å². The Bertz CT molecular complexity index is 254. The number of hydrogen-bond acceptors (Lipinski definition) is 4. The molecule has 0 bridgehead atoms. The van der Waals surface area contributed by atoms with E-state index in [0.29, 0.717) is 12.5 Å². The molecule has 0 saturated heterocycles. The second-order valence-corrected chi connectivity index (χ2v) is 5.95. The molecule has 0 heterocycles. The number of nitrogens with two attached hydrogens (primary N) is 1. The zero-order chi connectivity index (χ0) is 13.0. The fraction of sp³-hybridized carbons (Fsp3) is 1.00. The summed E-state index contributed by atoms with van der Waals surface area (Å²) in [5.74, 6) is 1.55. The summed E-state index contributed by atoms with van der Waals surface area (Å²) in [7, 11) is 3.93. The number of hydrogen-bond donors (Lipinski definition) is 1. The minimum absolute atomic E-state index is 0.0255. The van der Waals surface area contributed by atoms with Gasteiger partial charge in [-0.1, -0.05) is 0 Å². The van der Waals surface area contributed by atoms with Gasteiger partial charge >= 0.3 is 0 Å². The number of methoxy groups -OCH3 is 1. The lowest BCUT2D eigenvalue weighted by Gasteiger charge is -2.41. The van der Waals surface area contributed by atoms with Crippen molar-refractivity contribution in [3.05, 3.63) is 0 Å². The van der Waals surface area contributed by atoms with Gasteiger partial charge in [0.2, 0.25) is 0 Å². The molecule has 4 nitrogen and oxygen atoms in total. The summed E-state index contributed by atoms with van der Waals surface area (Å²) in [4.78, 5) is 2.36. The Kier molecular flexibility index (Phi) is 5.01. The largest absolute Gasteiger partial charge is 0.383 e. The van der Waals surface area contributed by atoms with Crippen LogP contribution in [0.1, 0.15) is 25.7 Å². The van der Waals surface area contributed by atoms with E-state index >= 15 is 0 Å². The van der Waals surface area contributed by atoms with Crippen molar-refractivity contribution in [3.63, 3.8) is 0 Å². The SMILES string of the molecule is COCC(CN)(C1CC1)N(C)CCOCC1CC1. The lowest BCUT2D eigenvalue weighted by molar-refractivity contribution is -0.00288. The van der Waals surface area contributed by atoms with Crippen LogP contribution in [0.3, 0.4) is 0 Å². The first-order valence-electron chi connectivity index (χ1n) is 7.21. The quantitative estimate of drug-likeness (QED) is 0.595. The Morgan fingerprint density at radius 1 is 1.28 bits per heavy atom. The van der Waals surface area contributed by atoms with Gasteiger partial charge in [-0.05, 0) is 44.6 Å². The van der Waals surface area contributed by atoms with Crippen LogP contribution in [-0.2, 0) is 9.47 Å². The average Bonchev–Trinajstić information content (AvgIpc) is 3.24. The van der Waals surface area contributed by atoms with E-state index in [4.69, 9.17) is 15.2 Å². The molecule has 2 fully saturated rings. The normalized spacial score (nSPS) is 23.3. The van der Waals surface area contributed by atoms with Crippen LogP contribution in [-0.4, -0.2) is 57.5 Å². The number of likely N-dealkylation sites (N-methyl/N-ethyl adjacent to an activating group) is 1. The first-order valence-corrected chi connectivity index (χ1v) is 7.21. The Morgan fingerprint density at radius 2 is 2.00 bits per heavy atom. The van der Waals surface area contributed by atoms with Crippen molar-refractivity contribution in [1.29, 1.82) is 0 Å². The van der Waals surface area contributed by atoms with Gasteiger partial charge in [-0.3, -0.25) is 4.90 Å². The predicted octanol–water partition coefficient (Wildman–Crippen LogP) is 1.10. The van der Waals surface area contributed by atoms with Gasteiger partial charge in [-0.25, -0.2) is 0 Å². The highest BCUT2D eigenvalue weighted by molar-refractivity contribution is 5.02. The van der Waals surface area contributed by atoms with Crippen molar-refractivity contribution in [2.75, 3.05) is 47.1 Å². The molecule has 2 N–H and O–H groups in total. The lowest BCUT2D eigenvalue weighted by atomic mass is 9.92. The summed E-state index contributed by atoms with van der Waals surface area (Å²) in [6.07, 6.45) is 5.28. The van der Waals surface area contributed by atoms with Crippen molar-refractivity contribution in [2.45, 2.75) is 31.2 Å². The van der Waals surface area contributed by atoms with Crippen molar-refractivity contribution in [1.82, 2.24) is 4.90 Å². The maximum atomic E-state index is 6.04. The number of ether oxygens (including phenoxy) is 2. The van der Waals surface area contributed by atoms with E-state index in [-0.39, 0.29) is 5.54 Å². The van der Waals surface area contributed by atoms with Gasteiger partial charge in [0.1, 0.15) is 0 Å². The van der Waals surface area contributed by atoms with Gasteiger partial charge in [0, 0.05) is 26.8 Å². The summed E-state index contributed by atoms with van der Waals surface area (Å²) < 4.78 is 11.1. The molecule has 1 unspecified atom stereocenters. The van der Waals surface area contributed by atoms with Gasteiger partial charge in [0.25, 0.3) is 0 Å². The second-order valence-electron chi connectivity index (χ2n) is 5.95. The number of rotatable bonds is 10. The molecule has 2 rings (SSSR count). The van der Waals surface area contributed by atoms with Crippen LogP contribution in [0.4, 0.5) is 0 Å². The molecule has 0 radical (unpaired) electrons.